The summed E-state index contributed by atoms with van der Waals surface area (Å²) < 4.78 is 5.31. The number of aromatic hydroxyl groups is 1. The van der Waals surface area contributed by atoms with Gasteiger partial charge in [0.15, 0.2) is 5.75 Å². The topological polar surface area (TPSA) is 119 Å². The van der Waals surface area contributed by atoms with Gasteiger partial charge in [0.25, 0.3) is 5.91 Å². The van der Waals surface area contributed by atoms with Crippen LogP contribution in [-0.4, -0.2) is 53.2 Å². The third kappa shape index (κ3) is 4.10. The number of likely N-dealkylation sites (tertiary alicyclic amines) is 1. The molecule has 2 unspecified atom stereocenters. The van der Waals surface area contributed by atoms with Crippen LogP contribution in [0.1, 0.15) is 23.2 Å². The van der Waals surface area contributed by atoms with Crippen molar-refractivity contribution in [1.29, 1.82) is 0 Å². The third-order valence-corrected chi connectivity index (χ3v) is 3.95. The molecule has 2 atom stereocenters. The Morgan fingerprint density at radius 3 is 2.78 bits per heavy atom. The normalized spacial score (nSPS) is 20.7. The molecular weight excluding hydrogens is 326 g/mol. The Labute approximate surface area is 139 Å². The highest BCUT2D eigenvalue weighted by Gasteiger charge is 2.31. The molecule has 9 heteroatoms. The lowest BCUT2D eigenvalue weighted by atomic mass is 9.98. The highest BCUT2D eigenvalue weighted by atomic mass is 35.5. The van der Waals surface area contributed by atoms with Crippen LogP contribution in [0.4, 0.5) is 5.69 Å². The fourth-order valence-electron chi connectivity index (χ4n) is 2.70. The maximum atomic E-state index is 12.5. The van der Waals surface area contributed by atoms with Crippen molar-refractivity contribution in [3.63, 3.8) is 0 Å². The van der Waals surface area contributed by atoms with E-state index in [2.05, 4.69) is 0 Å². The fraction of sp³-hybridized carbons (Fsp3) is 0.500. The molecule has 0 aliphatic carbocycles. The van der Waals surface area contributed by atoms with E-state index in [1.807, 2.05) is 0 Å². The van der Waals surface area contributed by atoms with E-state index in [9.17, 15) is 20.0 Å². The predicted molar refractivity (Wildman–Crippen MR) is 85.9 cm³/mol. The molecule has 0 bridgehead atoms. The summed E-state index contributed by atoms with van der Waals surface area (Å²) in [6.45, 7) is 0.807. The van der Waals surface area contributed by atoms with Crippen LogP contribution < -0.4 is 5.73 Å². The maximum absolute atomic E-state index is 12.5. The van der Waals surface area contributed by atoms with E-state index in [0.717, 1.165) is 12.1 Å². The quantitative estimate of drug-likeness (QED) is 0.627. The summed E-state index contributed by atoms with van der Waals surface area (Å²) in [5, 5.41) is 20.3. The Morgan fingerprint density at radius 1 is 1.57 bits per heavy atom. The van der Waals surface area contributed by atoms with Crippen molar-refractivity contribution in [2.24, 2.45) is 5.73 Å². The van der Waals surface area contributed by atoms with Crippen LogP contribution in [0.5, 0.6) is 5.75 Å². The summed E-state index contributed by atoms with van der Waals surface area (Å²) >= 11 is 0. The zero-order chi connectivity index (χ0) is 16.3. The van der Waals surface area contributed by atoms with Gasteiger partial charge < -0.3 is 20.5 Å². The predicted octanol–water partition coefficient (Wildman–Crippen LogP) is 1.30. The summed E-state index contributed by atoms with van der Waals surface area (Å²) in [6, 6.07) is 3.44. The van der Waals surface area contributed by atoms with E-state index in [1.165, 1.54) is 6.07 Å². The average Bonchev–Trinajstić information content (AvgIpc) is 2.53. The molecule has 2 rings (SSSR count). The first-order valence-corrected chi connectivity index (χ1v) is 6.99. The lowest BCUT2D eigenvalue weighted by Crippen LogP contribution is -2.51. The number of amides is 1. The zero-order valence-corrected chi connectivity index (χ0v) is 13.5. The van der Waals surface area contributed by atoms with Gasteiger partial charge in [-0.1, -0.05) is 0 Å². The summed E-state index contributed by atoms with van der Waals surface area (Å²) in [4.78, 5) is 24.2. The summed E-state index contributed by atoms with van der Waals surface area (Å²) in [5.74, 6) is -0.817. The number of hydrogen-bond donors (Lipinski definition) is 2. The summed E-state index contributed by atoms with van der Waals surface area (Å²) in [5.41, 5.74) is 5.51. The molecule has 128 valence electrons. The van der Waals surface area contributed by atoms with E-state index in [-0.39, 0.29) is 36.0 Å². The van der Waals surface area contributed by atoms with Gasteiger partial charge >= 0.3 is 5.69 Å². The minimum Gasteiger partial charge on any atom is -0.502 e. The number of rotatable bonds is 4. The van der Waals surface area contributed by atoms with E-state index < -0.39 is 16.4 Å². The number of halogens is 1. The molecule has 0 spiro atoms. The van der Waals surface area contributed by atoms with Crippen LogP contribution in [0.2, 0.25) is 0 Å². The Balaban J connectivity index is 0.00000264. The lowest BCUT2D eigenvalue weighted by molar-refractivity contribution is -0.385. The highest BCUT2D eigenvalue weighted by Crippen LogP contribution is 2.28. The molecule has 1 fully saturated rings. The van der Waals surface area contributed by atoms with Gasteiger partial charge in [0.05, 0.1) is 11.0 Å². The molecule has 0 aromatic heterocycles. The van der Waals surface area contributed by atoms with Crippen molar-refractivity contribution in [2.45, 2.75) is 25.0 Å². The molecule has 1 heterocycles. The Kier molecular flexibility index (Phi) is 6.74. The number of carbonyl (C=O) groups is 1. The largest absolute Gasteiger partial charge is 0.502 e. The van der Waals surface area contributed by atoms with Crippen molar-refractivity contribution in [3.8, 4) is 5.75 Å². The van der Waals surface area contributed by atoms with Crippen LogP contribution in [0, 0.1) is 10.1 Å². The van der Waals surface area contributed by atoms with E-state index in [0.29, 0.717) is 25.9 Å². The molecular formula is C14H20ClN3O5. The second-order valence-electron chi connectivity index (χ2n) is 5.23. The Bertz CT molecular complexity index is 584. The lowest BCUT2D eigenvalue weighted by Gasteiger charge is -2.38. The minimum absolute atomic E-state index is 0. The van der Waals surface area contributed by atoms with Crippen molar-refractivity contribution < 1.29 is 19.6 Å². The maximum Gasteiger partial charge on any atom is 0.310 e. The average molecular weight is 346 g/mol. The number of carbonyl (C=O) groups excluding carboxylic acids is 1. The van der Waals surface area contributed by atoms with Gasteiger partial charge in [0, 0.05) is 37.9 Å². The third-order valence-electron chi connectivity index (χ3n) is 3.95. The molecule has 1 saturated heterocycles. The minimum atomic E-state index is -0.698. The number of nitro benzene ring substituents is 1. The molecule has 3 N–H and O–H groups in total. The zero-order valence-electron chi connectivity index (χ0n) is 12.7. The number of phenols is 1. The molecule has 1 aliphatic heterocycles. The second kappa shape index (κ2) is 8.09. The highest BCUT2D eigenvalue weighted by molar-refractivity contribution is 5.95. The first-order chi connectivity index (χ1) is 10.5. The number of methoxy groups -OCH3 is 1. The van der Waals surface area contributed by atoms with Gasteiger partial charge in [0.2, 0.25) is 0 Å². The number of ether oxygens (including phenoxy) is 1. The van der Waals surface area contributed by atoms with Crippen LogP contribution in [0.3, 0.4) is 0 Å². The number of nitrogens with zero attached hydrogens (tertiary/aromatic N) is 2. The van der Waals surface area contributed by atoms with Gasteiger partial charge in [-0.05, 0) is 25.0 Å². The monoisotopic (exact) mass is 345 g/mol. The van der Waals surface area contributed by atoms with Gasteiger partial charge in [-0.15, -0.1) is 12.4 Å². The van der Waals surface area contributed by atoms with Crippen LogP contribution in [0.25, 0.3) is 0 Å². The number of nitrogens with two attached hydrogens (primary N) is 1. The number of phenolic OH excluding ortho intramolecular Hbond substituents is 1. The van der Waals surface area contributed by atoms with Crippen LogP contribution in [0.15, 0.2) is 18.2 Å². The molecule has 0 radical (unpaired) electrons. The SMILES string of the molecule is COC1CCN(C(=O)c2ccc([N+](=O)[O-])c(O)c2)C(CN)C1.Cl. The van der Waals surface area contributed by atoms with Crippen molar-refractivity contribution in [3.05, 3.63) is 33.9 Å². The van der Waals surface area contributed by atoms with Crippen molar-refractivity contribution >= 4 is 24.0 Å². The van der Waals surface area contributed by atoms with Crippen LogP contribution >= 0.6 is 12.4 Å². The number of piperidine rings is 1. The van der Waals surface area contributed by atoms with Crippen molar-refractivity contribution in [2.75, 3.05) is 20.2 Å². The van der Waals surface area contributed by atoms with E-state index >= 15 is 0 Å². The molecule has 23 heavy (non-hydrogen) atoms. The number of benzene rings is 1. The van der Waals surface area contributed by atoms with Crippen LogP contribution in [-0.2, 0) is 4.74 Å². The fourth-order valence-corrected chi connectivity index (χ4v) is 2.70. The van der Waals surface area contributed by atoms with Gasteiger partial charge in [0.1, 0.15) is 0 Å². The molecule has 1 aromatic carbocycles. The molecule has 1 amide bonds. The summed E-state index contributed by atoms with van der Waals surface area (Å²) in [6.07, 6.45) is 1.43. The van der Waals surface area contributed by atoms with Crippen molar-refractivity contribution in [1.82, 2.24) is 4.90 Å². The Morgan fingerprint density at radius 2 is 2.26 bits per heavy atom. The van der Waals surface area contributed by atoms with E-state index in [4.69, 9.17) is 10.5 Å². The standard InChI is InChI=1S/C14H19N3O5.ClH/c1-22-11-4-5-16(10(7-11)8-15)14(19)9-2-3-12(17(20)21)13(18)6-9;/h2-3,6,10-11,18H,4-5,7-8,15H2,1H3;1H. The number of nitro groups is 1. The second-order valence-corrected chi connectivity index (χ2v) is 5.23. The molecule has 0 saturated carbocycles. The molecule has 1 aromatic rings. The number of hydrogen-bond acceptors (Lipinski definition) is 6. The van der Waals surface area contributed by atoms with Gasteiger partial charge in [-0.3, -0.25) is 14.9 Å². The first-order valence-electron chi connectivity index (χ1n) is 6.99. The van der Waals surface area contributed by atoms with Gasteiger partial charge in [-0.25, -0.2) is 0 Å². The van der Waals surface area contributed by atoms with E-state index in [1.54, 1.807) is 12.0 Å². The van der Waals surface area contributed by atoms with Gasteiger partial charge in [-0.2, -0.15) is 0 Å². The molecule has 1 aliphatic rings. The summed E-state index contributed by atoms with van der Waals surface area (Å²) in [7, 11) is 1.63. The Hall–Kier alpha value is -1.90. The molecule has 8 nitrogen and oxygen atoms in total. The smallest absolute Gasteiger partial charge is 0.310 e. The first kappa shape index (κ1) is 19.1.